The van der Waals surface area contributed by atoms with Gasteiger partial charge in [0.25, 0.3) is 0 Å². The Bertz CT molecular complexity index is 544. The van der Waals surface area contributed by atoms with Gasteiger partial charge < -0.3 is 11.1 Å². The van der Waals surface area contributed by atoms with Gasteiger partial charge in [0, 0.05) is 16.8 Å². The van der Waals surface area contributed by atoms with Crippen LogP contribution in [0.2, 0.25) is 0 Å². The largest absolute Gasteiger partial charge is 0.344 e. The maximum absolute atomic E-state index is 12.2. The molecule has 1 aromatic carbocycles. The predicted octanol–water partition coefficient (Wildman–Crippen LogP) is 3.08. The van der Waals surface area contributed by atoms with Gasteiger partial charge in [0.2, 0.25) is 5.91 Å². The SMILES string of the molecule is CC(C)(N)CC(=O)NC(c1ccccc1)c1cccs1. The van der Waals surface area contributed by atoms with Crippen molar-refractivity contribution in [3.05, 3.63) is 58.3 Å². The number of nitrogens with one attached hydrogen (secondary N) is 1. The first-order chi connectivity index (χ1) is 9.46. The zero-order valence-electron chi connectivity index (χ0n) is 11.8. The van der Waals surface area contributed by atoms with Crippen molar-refractivity contribution >= 4 is 17.2 Å². The van der Waals surface area contributed by atoms with Crippen LogP contribution in [0.3, 0.4) is 0 Å². The van der Waals surface area contributed by atoms with E-state index in [2.05, 4.69) is 5.32 Å². The molecule has 0 saturated carbocycles. The highest BCUT2D eigenvalue weighted by Crippen LogP contribution is 2.26. The third kappa shape index (κ3) is 4.18. The Morgan fingerprint density at radius 2 is 1.95 bits per heavy atom. The van der Waals surface area contributed by atoms with E-state index in [1.54, 1.807) is 11.3 Å². The van der Waals surface area contributed by atoms with E-state index in [4.69, 9.17) is 5.73 Å². The summed E-state index contributed by atoms with van der Waals surface area (Å²) < 4.78 is 0. The van der Waals surface area contributed by atoms with Crippen LogP contribution in [-0.2, 0) is 4.79 Å². The molecular weight excluding hydrogens is 268 g/mol. The van der Waals surface area contributed by atoms with Crippen molar-refractivity contribution < 1.29 is 4.79 Å². The molecule has 106 valence electrons. The maximum Gasteiger partial charge on any atom is 0.222 e. The van der Waals surface area contributed by atoms with E-state index >= 15 is 0 Å². The van der Waals surface area contributed by atoms with E-state index in [-0.39, 0.29) is 11.9 Å². The van der Waals surface area contributed by atoms with Crippen LogP contribution in [0.5, 0.6) is 0 Å². The van der Waals surface area contributed by atoms with Gasteiger partial charge in [0.05, 0.1) is 6.04 Å². The van der Waals surface area contributed by atoms with Crippen molar-refractivity contribution in [2.75, 3.05) is 0 Å². The highest BCUT2D eigenvalue weighted by molar-refractivity contribution is 7.10. The Kier molecular flexibility index (Phi) is 4.57. The van der Waals surface area contributed by atoms with Gasteiger partial charge in [-0.05, 0) is 30.9 Å². The lowest BCUT2D eigenvalue weighted by molar-refractivity contribution is -0.122. The van der Waals surface area contributed by atoms with Gasteiger partial charge in [-0.15, -0.1) is 11.3 Å². The minimum Gasteiger partial charge on any atom is -0.344 e. The predicted molar refractivity (Wildman–Crippen MR) is 83.6 cm³/mol. The second kappa shape index (κ2) is 6.20. The van der Waals surface area contributed by atoms with Gasteiger partial charge in [0.1, 0.15) is 0 Å². The van der Waals surface area contributed by atoms with Gasteiger partial charge in [-0.25, -0.2) is 0 Å². The molecule has 0 aliphatic carbocycles. The average molecular weight is 288 g/mol. The topological polar surface area (TPSA) is 55.1 Å². The molecule has 1 heterocycles. The van der Waals surface area contributed by atoms with Crippen LogP contribution in [0.1, 0.15) is 36.8 Å². The van der Waals surface area contributed by atoms with Crippen LogP contribution in [-0.4, -0.2) is 11.4 Å². The van der Waals surface area contributed by atoms with Gasteiger partial charge in [-0.3, -0.25) is 4.79 Å². The first-order valence-electron chi connectivity index (χ1n) is 6.62. The third-order valence-corrected chi connectivity index (χ3v) is 3.82. The lowest BCUT2D eigenvalue weighted by Gasteiger charge is -2.22. The molecule has 4 heteroatoms. The molecule has 0 aliphatic rings. The van der Waals surface area contributed by atoms with Crippen LogP contribution in [0, 0.1) is 0 Å². The fourth-order valence-electron chi connectivity index (χ4n) is 2.05. The van der Waals surface area contributed by atoms with Crippen molar-refractivity contribution in [1.29, 1.82) is 0 Å². The summed E-state index contributed by atoms with van der Waals surface area (Å²) in [7, 11) is 0. The number of hydrogen-bond acceptors (Lipinski definition) is 3. The number of carbonyl (C=O) groups excluding carboxylic acids is 1. The summed E-state index contributed by atoms with van der Waals surface area (Å²) in [6, 6.07) is 13.9. The Hall–Kier alpha value is -1.65. The average Bonchev–Trinajstić information content (AvgIpc) is 2.88. The lowest BCUT2D eigenvalue weighted by atomic mass is 10.0. The molecular formula is C16H20N2OS. The van der Waals surface area contributed by atoms with E-state index < -0.39 is 5.54 Å². The highest BCUT2D eigenvalue weighted by Gasteiger charge is 2.21. The quantitative estimate of drug-likeness (QED) is 0.888. The monoisotopic (exact) mass is 288 g/mol. The van der Waals surface area contributed by atoms with E-state index in [0.717, 1.165) is 10.4 Å². The van der Waals surface area contributed by atoms with E-state index in [1.807, 2.05) is 61.7 Å². The van der Waals surface area contributed by atoms with Gasteiger partial charge in [-0.2, -0.15) is 0 Å². The van der Waals surface area contributed by atoms with Gasteiger partial charge in [-0.1, -0.05) is 36.4 Å². The van der Waals surface area contributed by atoms with Crippen molar-refractivity contribution in [2.24, 2.45) is 5.73 Å². The molecule has 0 fully saturated rings. The molecule has 1 aromatic heterocycles. The van der Waals surface area contributed by atoms with Gasteiger partial charge >= 0.3 is 0 Å². The summed E-state index contributed by atoms with van der Waals surface area (Å²) >= 11 is 1.64. The normalized spacial score (nSPS) is 12.9. The standard InChI is InChI=1S/C16H20N2OS/c1-16(2,17)11-14(19)18-15(13-9-6-10-20-13)12-7-4-3-5-8-12/h3-10,15H,11,17H2,1-2H3,(H,18,19). The zero-order chi connectivity index (χ0) is 14.6. The first kappa shape index (κ1) is 14.8. The molecule has 1 unspecified atom stereocenters. The van der Waals surface area contributed by atoms with Crippen LogP contribution < -0.4 is 11.1 Å². The molecule has 2 aromatic rings. The maximum atomic E-state index is 12.2. The Morgan fingerprint density at radius 3 is 2.50 bits per heavy atom. The number of amides is 1. The van der Waals surface area contributed by atoms with Gasteiger partial charge in [0.15, 0.2) is 0 Å². The summed E-state index contributed by atoms with van der Waals surface area (Å²) in [5.74, 6) is -0.0280. The number of carbonyl (C=O) groups is 1. The molecule has 2 rings (SSSR count). The summed E-state index contributed by atoms with van der Waals surface area (Å²) in [5.41, 5.74) is 6.49. The van der Waals surface area contributed by atoms with Crippen LogP contribution in [0.15, 0.2) is 47.8 Å². The van der Waals surface area contributed by atoms with Crippen molar-refractivity contribution in [3.8, 4) is 0 Å². The van der Waals surface area contributed by atoms with Crippen molar-refractivity contribution in [2.45, 2.75) is 31.8 Å². The summed E-state index contributed by atoms with van der Waals surface area (Å²) in [4.78, 5) is 13.3. The van der Waals surface area contributed by atoms with Crippen LogP contribution in [0.25, 0.3) is 0 Å². The van der Waals surface area contributed by atoms with Crippen molar-refractivity contribution in [3.63, 3.8) is 0 Å². The molecule has 0 bridgehead atoms. The molecule has 0 saturated heterocycles. The number of hydrogen-bond donors (Lipinski definition) is 2. The molecule has 20 heavy (non-hydrogen) atoms. The second-order valence-corrected chi connectivity index (χ2v) is 6.57. The second-order valence-electron chi connectivity index (χ2n) is 5.59. The molecule has 0 spiro atoms. The molecule has 0 aliphatic heterocycles. The molecule has 1 atom stereocenters. The Balaban J connectivity index is 2.19. The van der Waals surface area contributed by atoms with E-state index in [9.17, 15) is 4.79 Å². The summed E-state index contributed by atoms with van der Waals surface area (Å²) in [5, 5.41) is 5.10. The van der Waals surface area contributed by atoms with E-state index in [1.165, 1.54) is 0 Å². The summed E-state index contributed by atoms with van der Waals surface area (Å²) in [6.45, 7) is 3.71. The first-order valence-corrected chi connectivity index (χ1v) is 7.50. The Labute approximate surface area is 123 Å². The molecule has 3 N–H and O–H groups in total. The van der Waals surface area contributed by atoms with Crippen molar-refractivity contribution in [1.82, 2.24) is 5.32 Å². The molecule has 3 nitrogen and oxygen atoms in total. The molecule has 0 radical (unpaired) electrons. The number of rotatable bonds is 5. The van der Waals surface area contributed by atoms with E-state index in [0.29, 0.717) is 6.42 Å². The minimum atomic E-state index is -0.499. The zero-order valence-corrected chi connectivity index (χ0v) is 12.6. The minimum absolute atomic E-state index is 0.0280. The molecule has 1 amide bonds. The highest BCUT2D eigenvalue weighted by atomic mass is 32.1. The third-order valence-electron chi connectivity index (χ3n) is 2.88. The smallest absolute Gasteiger partial charge is 0.222 e. The van der Waals surface area contributed by atoms with Crippen LogP contribution >= 0.6 is 11.3 Å². The fraction of sp³-hybridized carbons (Fsp3) is 0.312. The lowest BCUT2D eigenvalue weighted by Crippen LogP contribution is -2.40. The number of thiophene rings is 1. The summed E-state index contributed by atoms with van der Waals surface area (Å²) in [6.07, 6.45) is 0.307. The van der Waals surface area contributed by atoms with Crippen LogP contribution in [0.4, 0.5) is 0 Å². The number of benzene rings is 1. The Morgan fingerprint density at radius 1 is 1.25 bits per heavy atom. The number of nitrogens with two attached hydrogens (primary N) is 1. The fourth-order valence-corrected chi connectivity index (χ4v) is 2.85.